The van der Waals surface area contributed by atoms with E-state index in [1.54, 1.807) is 12.1 Å². The van der Waals surface area contributed by atoms with Crippen LogP contribution in [0.2, 0.25) is 0 Å². The van der Waals surface area contributed by atoms with Crippen molar-refractivity contribution in [3.05, 3.63) is 35.4 Å². The number of nitrogens with one attached hydrogen (secondary N) is 2. The SMILES string of the molecule is CCNC(=O)c1ccc(N)c(NCCC2=CCCCC2)c1. The van der Waals surface area contributed by atoms with Gasteiger partial charge in [-0.25, -0.2) is 0 Å². The monoisotopic (exact) mass is 287 g/mol. The first-order valence-electron chi connectivity index (χ1n) is 7.80. The molecule has 4 heteroatoms. The van der Waals surface area contributed by atoms with E-state index in [1.165, 1.54) is 31.3 Å². The average Bonchev–Trinajstić information content (AvgIpc) is 2.50. The summed E-state index contributed by atoms with van der Waals surface area (Å²) in [5, 5.41) is 6.15. The van der Waals surface area contributed by atoms with Gasteiger partial charge in [0.2, 0.25) is 0 Å². The zero-order chi connectivity index (χ0) is 15.1. The molecule has 0 atom stereocenters. The van der Waals surface area contributed by atoms with Gasteiger partial charge in [0.15, 0.2) is 0 Å². The number of nitrogen functional groups attached to an aromatic ring is 1. The van der Waals surface area contributed by atoms with Gasteiger partial charge < -0.3 is 16.4 Å². The Morgan fingerprint density at radius 1 is 1.33 bits per heavy atom. The molecule has 0 unspecified atom stereocenters. The smallest absolute Gasteiger partial charge is 0.251 e. The molecule has 1 amide bonds. The van der Waals surface area contributed by atoms with Crippen LogP contribution in [0.3, 0.4) is 0 Å². The minimum Gasteiger partial charge on any atom is -0.397 e. The fraction of sp³-hybridized carbons (Fsp3) is 0.471. The molecule has 0 spiro atoms. The van der Waals surface area contributed by atoms with E-state index in [0.29, 0.717) is 17.8 Å². The van der Waals surface area contributed by atoms with Crippen LogP contribution in [-0.4, -0.2) is 19.0 Å². The van der Waals surface area contributed by atoms with Crippen molar-refractivity contribution in [2.45, 2.75) is 39.0 Å². The highest BCUT2D eigenvalue weighted by Gasteiger charge is 2.08. The first kappa shape index (κ1) is 15.4. The molecule has 1 aromatic carbocycles. The van der Waals surface area contributed by atoms with Gasteiger partial charge in [0.05, 0.1) is 11.4 Å². The summed E-state index contributed by atoms with van der Waals surface area (Å²) in [6, 6.07) is 5.37. The maximum atomic E-state index is 11.8. The van der Waals surface area contributed by atoms with Gasteiger partial charge >= 0.3 is 0 Å². The third-order valence-corrected chi connectivity index (χ3v) is 3.80. The molecule has 1 aromatic rings. The number of rotatable bonds is 6. The molecule has 0 fully saturated rings. The lowest BCUT2D eigenvalue weighted by Crippen LogP contribution is -2.22. The Labute approximate surface area is 126 Å². The molecule has 21 heavy (non-hydrogen) atoms. The Hall–Kier alpha value is -1.97. The Balaban J connectivity index is 1.93. The summed E-state index contributed by atoms with van der Waals surface area (Å²) in [6.07, 6.45) is 8.46. The third-order valence-electron chi connectivity index (χ3n) is 3.80. The van der Waals surface area contributed by atoms with Gasteiger partial charge in [0.1, 0.15) is 0 Å². The second kappa shape index (κ2) is 7.72. The Kier molecular flexibility index (Phi) is 5.67. The minimum atomic E-state index is -0.0597. The number of amides is 1. The quantitative estimate of drug-likeness (QED) is 0.555. The van der Waals surface area contributed by atoms with E-state index < -0.39 is 0 Å². The number of hydrogen-bond acceptors (Lipinski definition) is 3. The molecular weight excluding hydrogens is 262 g/mol. The number of benzene rings is 1. The van der Waals surface area contributed by atoms with E-state index >= 15 is 0 Å². The van der Waals surface area contributed by atoms with Crippen molar-refractivity contribution in [1.82, 2.24) is 5.32 Å². The predicted molar refractivity (Wildman–Crippen MR) is 88.5 cm³/mol. The van der Waals surface area contributed by atoms with Gasteiger partial charge in [0, 0.05) is 18.7 Å². The normalized spacial score (nSPS) is 14.4. The molecule has 1 aliphatic carbocycles. The fourth-order valence-electron chi connectivity index (χ4n) is 2.60. The van der Waals surface area contributed by atoms with E-state index in [-0.39, 0.29) is 5.91 Å². The molecule has 114 valence electrons. The third kappa shape index (κ3) is 4.52. The van der Waals surface area contributed by atoms with Crippen LogP contribution in [0, 0.1) is 0 Å². The molecule has 0 bridgehead atoms. The summed E-state index contributed by atoms with van der Waals surface area (Å²) < 4.78 is 0. The molecule has 0 aromatic heterocycles. The lowest BCUT2D eigenvalue weighted by Gasteiger charge is -2.15. The summed E-state index contributed by atoms with van der Waals surface area (Å²) >= 11 is 0. The molecule has 0 heterocycles. The summed E-state index contributed by atoms with van der Waals surface area (Å²) in [5.41, 5.74) is 9.68. The summed E-state index contributed by atoms with van der Waals surface area (Å²) in [6.45, 7) is 3.39. The number of carbonyl (C=O) groups excluding carboxylic acids is 1. The fourth-order valence-corrected chi connectivity index (χ4v) is 2.60. The Morgan fingerprint density at radius 3 is 2.90 bits per heavy atom. The second-order valence-corrected chi connectivity index (χ2v) is 5.45. The molecule has 0 radical (unpaired) electrons. The first-order valence-corrected chi connectivity index (χ1v) is 7.80. The molecule has 4 nitrogen and oxygen atoms in total. The zero-order valence-electron chi connectivity index (χ0n) is 12.7. The molecule has 1 aliphatic rings. The van der Waals surface area contributed by atoms with Gasteiger partial charge in [0.25, 0.3) is 5.91 Å². The van der Waals surface area contributed by atoms with E-state index in [9.17, 15) is 4.79 Å². The number of anilines is 2. The second-order valence-electron chi connectivity index (χ2n) is 5.45. The lowest BCUT2D eigenvalue weighted by molar-refractivity contribution is 0.0956. The number of carbonyl (C=O) groups is 1. The van der Waals surface area contributed by atoms with E-state index in [1.807, 2.05) is 13.0 Å². The van der Waals surface area contributed by atoms with Crippen LogP contribution >= 0.6 is 0 Å². The maximum Gasteiger partial charge on any atom is 0.251 e. The van der Waals surface area contributed by atoms with Crippen LogP contribution in [0.5, 0.6) is 0 Å². The molecule has 0 saturated carbocycles. The Morgan fingerprint density at radius 2 is 2.19 bits per heavy atom. The number of nitrogens with two attached hydrogens (primary N) is 1. The van der Waals surface area contributed by atoms with Crippen molar-refractivity contribution < 1.29 is 4.79 Å². The van der Waals surface area contributed by atoms with Crippen molar-refractivity contribution in [3.8, 4) is 0 Å². The minimum absolute atomic E-state index is 0.0597. The van der Waals surface area contributed by atoms with Crippen LogP contribution in [0.25, 0.3) is 0 Å². The summed E-state index contributed by atoms with van der Waals surface area (Å²) in [4.78, 5) is 11.8. The summed E-state index contributed by atoms with van der Waals surface area (Å²) in [7, 11) is 0. The van der Waals surface area contributed by atoms with Gasteiger partial charge in [-0.1, -0.05) is 11.6 Å². The Bertz CT molecular complexity index is 523. The van der Waals surface area contributed by atoms with Gasteiger partial charge in [-0.15, -0.1) is 0 Å². The van der Waals surface area contributed by atoms with Crippen molar-refractivity contribution >= 4 is 17.3 Å². The zero-order valence-corrected chi connectivity index (χ0v) is 12.7. The van der Waals surface area contributed by atoms with Crippen LogP contribution in [0.1, 0.15) is 49.4 Å². The van der Waals surface area contributed by atoms with Crippen molar-refractivity contribution in [1.29, 1.82) is 0 Å². The number of hydrogen-bond donors (Lipinski definition) is 3. The predicted octanol–water partition coefficient (Wildman–Crippen LogP) is 3.32. The average molecular weight is 287 g/mol. The molecule has 0 saturated heterocycles. The van der Waals surface area contributed by atoms with Crippen molar-refractivity contribution in [2.75, 3.05) is 24.1 Å². The standard InChI is InChI=1S/C17H25N3O/c1-2-19-17(21)14-8-9-15(18)16(12-14)20-11-10-13-6-4-3-5-7-13/h6,8-9,12,20H,2-5,7,10-11,18H2,1H3,(H,19,21). The molecule has 4 N–H and O–H groups in total. The highest BCUT2D eigenvalue weighted by Crippen LogP contribution is 2.22. The van der Waals surface area contributed by atoms with Gasteiger partial charge in [-0.3, -0.25) is 4.79 Å². The molecular formula is C17H25N3O. The van der Waals surface area contributed by atoms with Crippen LogP contribution in [0.15, 0.2) is 29.8 Å². The van der Waals surface area contributed by atoms with Gasteiger partial charge in [-0.05, 0) is 57.2 Å². The first-order chi connectivity index (χ1) is 10.2. The van der Waals surface area contributed by atoms with Crippen LogP contribution in [-0.2, 0) is 0 Å². The van der Waals surface area contributed by atoms with Crippen LogP contribution in [0.4, 0.5) is 11.4 Å². The number of allylic oxidation sites excluding steroid dienone is 1. The van der Waals surface area contributed by atoms with Crippen molar-refractivity contribution in [3.63, 3.8) is 0 Å². The highest BCUT2D eigenvalue weighted by atomic mass is 16.1. The van der Waals surface area contributed by atoms with Gasteiger partial charge in [-0.2, -0.15) is 0 Å². The van der Waals surface area contributed by atoms with E-state index in [4.69, 9.17) is 5.73 Å². The van der Waals surface area contributed by atoms with Crippen LogP contribution < -0.4 is 16.4 Å². The molecule has 2 rings (SSSR count). The lowest BCUT2D eigenvalue weighted by atomic mass is 9.97. The van der Waals surface area contributed by atoms with E-state index in [0.717, 1.165) is 18.7 Å². The summed E-state index contributed by atoms with van der Waals surface area (Å²) in [5.74, 6) is -0.0597. The largest absolute Gasteiger partial charge is 0.397 e. The maximum absolute atomic E-state index is 11.8. The highest BCUT2D eigenvalue weighted by molar-refractivity contribution is 5.96. The van der Waals surface area contributed by atoms with Crippen molar-refractivity contribution in [2.24, 2.45) is 0 Å². The molecule has 0 aliphatic heterocycles. The van der Waals surface area contributed by atoms with E-state index in [2.05, 4.69) is 16.7 Å². The topological polar surface area (TPSA) is 67.2 Å².